The Hall–Kier alpha value is -0.810. The van der Waals surface area contributed by atoms with Crippen molar-refractivity contribution < 1.29 is 35.1 Å². The quantitative estimate of drug-likeness (QED) is 0.219. The highest BCUT2D eigenvalue weighted by Gasteiger charge is 2.52. The zero-order valence-electron chi connectivity index (χ0n) is 11.7. The van der Waals surface area contributed by atoms with Gasteiger partial charge in [0.25, 0.3) is 0 Å². The molecule has 0 saturated carbocycles. The zero-order chi connectivity index (χ0) is 16.0. The molecule has 0 aromatic carbocycles. The van der Waals surface area contributed by atoms with Crippen molar-refractivity contribution in [3.05, 3.63) is 0 Å². The molecule has 0 spiro atoms. The van der Waals surface area contributed by atoms with Crippen molar-refractivity contribution >= 4 is 5.97 Å². The number of nitrogens with two attached hydrogens (primary N) is 1. The molecule has 0 aromatic heterocycles. The smallest absolute Gasteiger partial charge is 0.320 e. The first-order valence-corrected chi connectivity index (χ1v) is 6.88. The lowest BCUT2D eigenvalue weighted by Gasteiger charge is -2.26. The molecule has 1 aliphatic rings. The number of carbonyl (C=O) groups is 1. The lowest BCUT2D eigenvalue weighted by atomic mass is 10.1. The first-order valence-electron chi connectivity index (χ1n) is 6.88. The van der Waals surface area contributed by atoms with Crippen molar-refractivity contribution in [3.8, 4) is 0 Å². The van der Waals surface area contributed by atoms with Gasteiger partial charge in [-0.2, -0.15) is 0 Å². The number of hydrogen-bond acceptors (Lipinski definition) is 8. The summed E-state index contributed by atoms with van der Waals surface area (Å²) in [7, 11) is 0. The van der Waals surface area contributed by atoms with E-state index in [9.17, 15) is 20.1 Å². The van der Waals surface area contributed by atoms with Crippen LogP contribution in [0.3, 0.4) is 0 Å². The van der Waals surface area contributed by atoms with Gasteiger partial charge in [0.15, 0.2) is 0 Å². The van der Waals surface area contributed by atoms with E-state index in [0.717, 1.165) is 0 Å². The van der Waals surface area contributed by atoms with E-state index in [2.05, 4.69) is 5.32 Å². The van der Waals surface area contributed by atoms with Crippen molar-refractivity contribution in [2.24, 2.45) is 5.73 Å². The molecule has 1 rings (SSSR count). The molecule has 0 aliphatic carbocycles. The first kappa shape index (κ1) is 18.2. The van der Waals surface area contributed by atoms with E-state index < -0.39 is 42.7 Å². The van der Waals surface area contributed by atoms with Crippen molar-refractivity contribution in [2.45, 2.75) is 49.4 Å². The van der Waals surface area contributed by atoms with E-state index in [1.54, 1.807) is 0 Å². The van der Waals surface area contributed by atoms with Crippen LogP contribution >= 0.6 is 0 Å². The molecule has 1 heterocycles. The molecule has 5 atom stereocenters. The maximum Gasteiger partial charge on any atom is 0.320 e. The van der Waals surface area contributed by atoms with Crippen LogP contribution in [0.2, 0.25) is 0 Å². The Balaban J connectivity index is 2.22. The summed E-state index contributed by atoms with van der Waals surface area (Å²) in [6.07, 6.45) is -2.30. The third-order valence-electron chi connectivity index (χ3n) is 3.52. The maximum absolute atomic E-state index is 10.5. The average molecular weight is 308 g/mol. The minimum Gasteiger partial charge on any atom is -0.480 e. The minimum atomic E-state index is -1.95. The van der Waals surface area contributed by atoms with Gasteiger partial charge in [-0.05, 0) is 19.4 Å². The summed E-state index contributed by atoms with van der Waals surface area (Å²) >= 11 is 0. The van der Waals surface area contributed by atoms with Crippen LogP contribution in [-0.2, 0) is 9.53 Å². The number of nitrogens with one attached hydrogen (secondary N) is 1. The average Bonchev–Trinajstić information content (AvgIpc) is 2.66. The van der Waals surface area contributed by atoms with Gasteiger partial charge in [0, 0.05) is 0 Å². The van der Waals surface area contributed by atoms with Gasteiger partial charge >= 0.3 is 5.97 Å². The highest BCUT2D eigenvalue weighted by molar-refractivity contribution is 5.72. The van der Waals surface area contributed by atoms with Gasteiger partial charge < -0.3 is 41.3 Å². The van der Waals surface area contributed by atoms with Crippen molar-refractivity contribution in [1.82, 2.24) is 5.32 Å². The Labute approximate surface area is 122 Å². The summed E-state index contributed by atoms with van der Waals surface area (Å²) in [5.74, 6) is -2.99. The maximum atomic E-state index is 10.5. The molecule has 9 heteroatoms. The molecule has 1 fully saturated rings. The van der Waals surface area contributed by atoms with Crippen LogP contribution in [0.25, 0.3) is 0 Å². The van der Waals surface area contributed by atoms with Gasteiger partial charge in [0.1, 0.15) is 24.4 Å². The molecule has 0 aromatic rings. The minimum absolute atomic E-state index is 0.118. The second-order valence-electron chi connectivity index (χ2n) is 5.24. The molecular weight excluding hydrogens is 284 g/mol. The summed E-state index contributed by atoms with van der Waals surface area (Å²) < 4.78 is 5.04. The zero-order valence-corrected chi connectivity index (χ0v) is 11.7. The number of carboxylic acid groups (broad SMARTS) is 1. The van der Waals surface area contributed by atoms with Gasteiger partial charge in [-0.1, -0.05) is 6.42 Å². The second kappa shape index (κ2) is 7.99. The predicted octanol–water partition coefficient (Wildman–Crippen LogP) is -3.04. The number of hydrogen-bond donors (Lipinski definition) is 7. The first-order chi connectivity index (χ1) is 9.81. The summed E-state index contributed by atoms with van der Waals surface area (Å²) in [4.78, 5) is 10.5. The fraction of sp³-hybridized carbons (Fsp3) is 0.917. The van der Waals surface area contributed by atoms with Gasteiger partial charge in [-0.15, -0.1) is 0 Å². The van der Waals surface area contributed by atoms with Crippen LogP contribution in [0.15, 0.2) is 0 Å². The third kappa shape index (κ3) is 4.85. The lowest BCUT2D eigenvalue weighted by molar-refractivity contribution is -0.226. The number of aliphatic hydroxyl groups excluding tert-OH is 3. The largest absolute Gasteiger partial charge is 0.480 e. The van der Waals surface area contributed by atoms with Crippen LogP contribution in [-0.4, -0.2) is 81.3 Å². The molecule has 1 saturated heterocycles. The summed E-state index contributed by atoms with van der Waals surface area (Å²) in [6.45, 7) is -0.162. The van der Waals surface area contributed by atoms with Crippen LogP contribution < -0.4 is 11.1 Å². The third-order valence-corrected chi connectivity index (χ3v) is 3.52. The van der Waals surface area contributed by atoms with Crippen molar-refractivity contribution in [1.29, 1.82) is 0 Å². The normalized spacial score (nSPS) is 34.0. The van der Waals surface area contributed by atoms with Gasteiger partial charge in [0.2, 0.25) is 5.79 Å². The Morgan fingerprint density at radius 2 is 2.05 bits per heavy atom. The fourth-order valence-corrected chi connectivity index (χ4v) is 2.17. The number of ether oxygens (including phenoxy) is 1. The highest BCUT2D eigenvalue weighted by atomic mass is 16.7. The van der Waals surface area contributed by atoms with E-state index in [1.807, 2.05) is 0 Å². The van der Waals surface area contributed by atoms with Gasteiger partial charge in [0.05, 0.1) is 13.2 Å². The van der Waals surface area contributed by atoms with Crippen molar-refractivity contribution in [3.63, 3.8) is 0 Å². The van der Waals surface area contributed by atoms with Crippen LogP contribution in [0.4, 0.5) is 0 Å². The van der Waals surface area contributed by atoms with E-state index in [0.29, 0.717) is 25.8 Å². The number of aliphatic hydroxyl groups is 4. The molecule has 21 heavy (non-hydrogen) atoms. The molecule has 9 nitrogen and oxygen atoms in total. The van der Waals surface area contributed by atoms with Gasteiger partial charge in [-0.25, -0.2) is 0 Å². The predicted molar refractivity (Wildman–Crippen MR) is 71.3 cm³/mol. The summed E-state index contributed by atoms with van der Waals surface area (Å²) in [5.41, 5.74) is 5.35. The fourth-order valence-electron chi connectivity index (χ4n) is 2.17. The molecule has 124 valence electrons. The molecule has 0 unspecified atom stereocenters. The number of carboxylic acids is 1. The van der Waals surface area contributed by atoms with E-state index in [1.165, 1.54) is 0 Å². The Morgan fingerprint density at radius 3 is 2.57 bits per heavy atom. The van der Waals surface area contributed by atoms with Crippen molar-refractivity contribution in [2.75, 3.05) is 19.7 Å². The molecular formula is C12H24N2O7. The summed E-state index contributed by atoms with van der Waals surface area (Å²) in [5, 5.41) is 49.7. The number of aliphatic carboxylic acids is 1. The Bertz CT molecular complexity index is 344. The SMILES string of the molecule is N[C@@H](CCCCNC[C@@]1(O)O[C@H](CO)[C@@H](O)[C@@H]1O)C(=O)O. The Morgan fingerprint density at radius 1 is 1.38 bits per heavy atom. The molecule has 0 bridgehead atoms. The summed E-state index contributed by atoms with van der Waals surface area (Å²) in [6, 6.07) is -0.880. The van der Waals surface area contributed by atoms with E-state index >= 15 is 0 Å². The highest BCUT2D eigenvalue weighted by Crippen LogP contribution is 2.28. The van der Waals surface area contributed by atoms with Crippen LogP contribution in [0.5, 0.6) is 0 Å². The molecule has 0 radical (unpaired) electrons. The van der Waals surface area contributed by atoms with Crippen LogP contribution in [0.1, 0.15) is 19.3 Å². The van der Waals surface area contributed by atoms with E-state index in [-0.39, 0.29) is 6.54 Å². The second-order valence-corrected chi connectivity index (χ2v) is 5.24. The number of rotatable bonds is 9. The molecule has 1 aliphatic heterocycles. The van der Waals surface area contributed by atoms with Gasteiger partial charge in [-0.3, -0.25) is 4.79 Å². The van der Waals surface area contributed by atoms with E-state index in [4.69, 9.17) is 20.7 Å². The standard InChI is InChI=1S/C12H24N2O7/c13-7(11(18)19)3-1-2-4-14-6-12(20)10(17)9(16)8(5-15)21-12/h7-10,14-17,20H,1-6,13H2,(H,18,19)/t7-,8+,9+,10-,12+/m0/s1. The number of unbranched alkanes of at least 4 members (excludes halogenated alkanes) is 1. The monoisotopic (exact) mass is 308 g/mol. The molecule has 8 N–H and O–H groups in total. The molecule has 0 amide bonds. The lowest BCUT2D eigenvalue weighted by Crippen LogP contribution is -2.50. The van der Waals surface area contributed by atoms with Crippen LogP contribution in [0, 0.1) is 0 Å². The topological polar surface area (TPSA) is 166 Å². The Kier molecular flexibility index (Phi) is 6.94.